The van der Waals surface area contributed by atoms with Crippen LogP contribution in [-0.2, 0) is 13.1 Å². The number of nitrogens with one attached hydrogen (secondary N) is 2. The molecule has 0 atom stereocenters. The van der Waals surface area contributed by atoms with Crippen molar-refractivity contribution < 1.29 is 0 Å². The molecule has 0 aliphatic heterocycles. The highest BCUT2D eigenvalue weighted by Gasteiger charge is 2.06. The van der Waals surface area contributed by atoms with Crippen molar-refractivity contribution in [2.24, 2.45) is 4.99 Å². The molecule has 0 aliphatic carbocycles. The van der Waals surface area contributed by atoms with Crippen molar-refractivity contribution in [2.45, 2.75) is 33.4 Å². The van der Waals surface area contributed by atoms with Gasteiger partial charge in [0.15, 0.2) is 5.96 Å². The summed E-state index contributed by atoms with van der Waals surface area (Å²) in [6, 6.07) is 14.3. The third-order valence-corrected chi connectivity index (χ3v) is 4.69. The van der Waals surface area contributed by atoms with E-state index >= 15 is 0 Å². The normalized spacial score (nSPS) is 11.3. The fourth-order valence-electron chi connectivity index (χ4n) is 3.23. The molecule has 2 heterocycles. The molecule has 0 bridgehead atoms. The molecular formula is C22H32IN7. The van der Waals surface area contributed by atoms with Crippen LogP contribution < -0.4 is 15.5 Å². The van der Waals surface area contributed by atoms with Crippen LogP contribution in [0.4, 0.5) is 5.82 Å². The van der Waals surface area contributed by atoms with Crippen LogP contribution in [-0.4, -0.2) is 47.7 Å². The lowest BCUT2D eigenvalue weighted by atomic mass is 10.3. The number of para-hydroxylation sites is 2. The van der Waals surface area contributed by atoms with E-state index in [9.17, 15) is 0 Å². The number of nitrogens with zero attached hydrogens (tertiary/aromatic N) is 5. The molecular weight excluding hydrogens is 489 g/mol. The van der Waals surface area contributed by atoms with Crippen LogP contribution in [0.25, 0.3) is 11.0 Å². The highest BCUT2D eigenvalue weighted by atomic mass is 127. The molecule has 0 radical (unpaired) electrons. The topological polar surface area (TPSA) is 70.4 Å². The van der Waals surface area contributed by atoms with Crippen molar-refractivity contribution >= 4 is 46.8 Å². The number of fused-ring (bicyclic) bond motifs is 1. The Hall–Kier alpha value is -2.36. The standard InChI is InChI=1S/C22H31N7.HI/c1-5-23-22(25-16-18-10-8-13-21(27-18)28(3)4)24-14-9-15-29-17(2)26-19-11-6-7-12-20(19)29;/h6-8,10-13H,5,9,14-16H2,1-4H3,(H2,23,24,25);1H. The molecule has 30 heavy (non-hydrogen) atoms. The van der Waals surface area contributed by atoms with Crippen molar-refractivity contribution in [2.75, 3.05) is 32.1 Å². The first-order valence-electron chi connectivity index (χ1n) is 10.2. The van der Waals surface area contributed by atoms with Crippen molar-refractivity contribution in [3.05, 3.63) is 54.0 Å². The average Bonchev–Trinajstić information content (AvgIpc) is 3.04. The summed E-state index contributed by atoms with van der Waals surface area (Å²) < 4.78 is 2.28. The Morgan fingerprint density at radius 2 is 1.87 bits per heavy atom. The van der Waals surface area contributed by atoms with Gasteiger partial charge in [-0.3, -0.25) is 0 Å². The van der Waals surface area contributed by atoms with Crippen LogP contribution in [0.3, 0.4) is 0 Å². The molecule has 3 rings (SSSR count). The van der Waals surface area contributed by atoms with E-state index < -0.39 is 0 Å². The Labute approximate surface area is 196 Å². The van der Waals surface area contributed by atoms with Crippen molar-refractivity contribution in [1.29, 1.82) is 0 Å². The second-order valence-electron chi connectivity index (χ2n) is 7.16. The Morgan fingerprint density at radius 3 is 2.63 bits per heavy atom. The van der Waals surface area contributed by atoms with Gasteiger partial charge in [-0.25, -0.2) is 15.0 Å². The number of aryl methyl sites for hydroxylation is 2. The van der Waals surface area contributed by atoms with Gasteiger partial charge in [-0.05, 0) is 44.5 Å². The molecule has 0 saturated carbocycles. The lowest BCUT2D eigenvalue weighted by Crippen LogP contribution is -2.38. The van der Waals surface area contributed by atoms with Crippen molar-refractivity contribution in [3.8, 4) is 0 Å². The van der Waals surface area contributed by atoms with E-state index in [1.807, 2.05) is 43.3 Å². The molecule has 7 nitrogen and oxygen atoms in total. The van der Waals surface area contributed by atoms with Gasteiger partial charge < -0.3 is 20.1 Å². The molecule has 0 unspecified atom stereocenters. The SMILES string of the molecule is CCNC(=NCc1cccc(N(C)C)n1)NCCCn1c(C)nc2ccccc21.I. The number of anilines is 1. The van der Waals surface area contributed by atoms with Crippen LogP contribution in [0, 0.1) is 6.92 Å². The zero-order valence-electron chi connectivity index (χ0n) is 18.2. The van der Waals surface area contributed by atoms with Gasteiger partial charge in [-0.1, -0.05) is 18.2 Å². The fourth-order valence-corrected chi connectivity index (χ4v) is 3.23. The smallest absolute Gasteiger partial charge is 0.191 e. The summed E-state index contributed by atoms with van der Waals surface area (Å²) in [7, 11) is 3.98. The van der Waals surface area contributed by atoms with Gasteiger partial charge in [0.2, 0.25) is 0 Å². The molecule has 2 aromatic heterocycles. The van der Waals surface area contributed by atoms with Gasteiger partial charge in [0.05, 0.1) is 23.3 Å². The number of aromatic nitrogens is 3. The quantitative estimate of drug-likeness (QED) is 0.205. The van der Waals surface area contributed by atoms with E-state index in [0.717, 1.165) is 54.9 Å². The molecule has 162 valence electrons. The van der Waals surface area contributed by atoms with Gasteiger partial charge in [-0.15, -0.1) is 24.0 Å². The summed E-state index contributed by atoms with van der Waals surface area (Å²) in [6.45, 7) is 7.26. The minimum absolute atomic E-state index is 0. The predicted molar refractivity (Wildman–Crippen MR) is 136 cm³/mol. The minimum Gasteiger partial charge on any atom is -0.363 e. The molecule has 3 aromatic rings. The highest BCUT2D eigenvalue weighted by molar-refractivity contribution is 14.0. The van der Waals surface area contributed by atoms with Gasteiger partial charge >= 0.3 is 0 Å². The van der Waals surface area contributed by atoms with Crippen molar-refractivity contribution in [3.63, 3.8) is 0 Å². The Morgan fingerprint density at radius 1 is 1.07 bits per heavy atom. The predicted octanol–water partition coefficient (Wildman–Crippen LogP) is 3.57. The molecule has 0 saturated heterocycles. The lowest BCUT2D eigenvalue weighted by molar-refractivity contribution is 0.624. The van der Waals surface area contributed by atoms with E-state index in [0.29, 0.717) is 6.54 Å². The minimum atomic E-state index is 0. The molecule has 0 aliphatic rings. The van der Waals surface area contributed by atoms with Gasteiger partial charge in [0.25, 0.3) is 0 Å². The fraction of sp³-hybridized carbons (Fsp3) is 0.409. The molecule has 1 aromatic carbocycles. The summed E-state index contributed by atoms with van der Waals surface area (Å²) in [6.07, 6.45) is 0.986. The summed E-state index contributed by atoms with van der Waals surface area (Å²) in [5.74, 6) is 2.81. The molecule has 0 spiro atoms. The maximum absolute atomic E-state index is 4.68. The maximum atomic E-state index is 4.68. The van der Waals surface area contributed by atoms with Crippen LogP contribution in [0.1, 0.15) is 24.9 Å². The van der Waals surface area contributed by atoms with Gasteiger partial charge in [0.1, 0.15) is 11.6 Å². The summed E-state index contributed by atoms with van der Waals surface area (Å²) in [5, 5.41) is 6.73. The molecule has 0 amide bonds. The number of pyridine rings is 1. The number of benzene rings is 1. The third kappa shape index (κ3) is 6.32. The second kappa shape index (κ2) is 11.7. The number of hydrogen-bond donors (Lipinski definition) is 2. The van der Waals surface area contributed by atoms with Gasteiger partial charge in [-0.2, -0.15) is 0 Å². The number of halogens is 1. The van der Waals surface area contributed by atoms with E-state index in [1.165, 1.54) is 5.52 Å². The van der Waals surface area contributed by atoms with Crippen molar-refractivity contribution in [1.82, 2.24) is 25.2 Å². The molecule has 2 N–H and O–H groups in total. The van der Waals surface area contributed by atoms with E-state index in [2.05, 4.69) is 62.2 Å². The Bertz CT molecular complexity index is 965. The van der Waals surface area contributed by atoms with E-state index in [4.69, 9.17) is 0 Å². The van der Waals surface area contributed by atoms with Gasteiger partial charge in [0, 0.05) is 33.7 Å². The summed E-state index contributed by atoms with van der Waals surface area (Å²) in [4.78, 5) is 15.9. The largest absolute Gasteiger partial charge is 0.363 e. The Balaban J connectivity index is 0.00000320. The van der Waals surface area contributed by atoms with Crippen LogP contribution >= 0.6 is 24.0 Å². The number of guanidine groups is 1. The first-order chi connectivity index (χ1) is 14.1. The number of imidazole rings is 1. The van der Waals surface area contributed by atoms with E-state index in [1.54, 1.807) is 0 Å². The van der Waals surface area contributed by atoms with E-state index in [-0.39, 0.29) is 24.0 Å². The van der Waals surface area contributed by atoms with Crippen LogP contribution in [0.5, 0.6) is 0 Å². The average molecular weight is 521 g/mol. The summed E-state index contributed by atoms with van der Waals surface area (Å²) >= 11 is 0. The highest BCUT2D eigenvalue weighted by Crippen LogP contribution is 2.15. The second-order valence-corrected chi connectivity index (χ2v) is 7.16. The third-order valence-electron chi connectivity index (χ3n) is 4.69. The maximum Gasteiger partial charge on any atom is 0.191 e. The molecule has 0 fully saturated rings. The first kappa shape index (κ1) is 23.9. The van der Waals surface area contributed by atoms with Crippen LogP contribution in [0.2, 0.25) is 0 Å². The number of hydrogen-bond acceptors (Lipinski definition) is 4. The van der Waals surface area contributed by atoms with Crippen LogP contribution in [0.15, 0.2) is 47.5 Å². The Kier molecular flexibility index (Phi) is 9.35. The number of aliphatic imine (C=N–C) groups is 1. The monoisotopic (exact) mass is 521 g/mol. The zero-order valence-corrected chi connectivity index (χ0v) is 20.6. The number of rotatable bonds is 8. The zero-order chi connectivity index (χ0) is 20.6. The summed E-state index contributed by atoms with van der Waals surface area (Å²) in [5.41, 5.74) is 3.20. The lowest BCUT2D eigenvalue weighted by Gasteiger charge is -2.13. The first-order valence-corrected chi connectivity index (χ1v) is 10.2. The molecule has 8 heteroatoms.